The predicted molar refractivity (Wildman–Crippen MR) is 193 cm³/mol. The molecule has 2 unspecified atom stereocenters. The molecule has 6 aliphatic rings. The van der Waals surface area contributed by atoms with Gasteiger partial charge in [-0.05, 0) is 137 Å². The van der Waals surface area contributed by atoms with Crippen LogP contribution in [0.25, 0.3) is 28.1 Å². The number of carbonyl (C=O) groups excluding carboxylic acids is 1. The van der Waals surface area contributed by atoms with Crippen molar-refractivity contribution >= 4 is 29.2 Å². The molecular weight excluding hydrogens is 596 g/mol. The molecule has 2 aliphatic carbocycles. The lowest BCUT2D eigenvalue weighted by Crippen LogP contribution is -2.53. The van der Waals surface area contributed by atoms with Gasteiger partial charge in [0.2, 0.25) is 6.41 Å². The normalized spacial score (nSPS) is 24.5. The monoisotopic (exact) mass is 648 g/mol. The second-order valence-electron chi connectivity index (χ2n) is 15.2. The Morgan fingerprint density at radius 2 is 1.75 bits per heavy atom. The number of amides is 1. The maximum atomic E-state index is 11.8. The van der Waals surface area contributed by atoms with Gasteiger partial charge in [0.05, 0.1) is 5.52 Å². The van der Waals surface area contributed by atoms with E-state index < -0.39 is 0 Å². The van der Waals surface area contributed by atoms with Gasteiger partial charge < -0.3 is 20.2 Å². The van der Waals surface area contributed by atoms with Crippen LogP contribution in [-0.4, -0.2) is 88.2 Å². The molecule has 0 radical (unpaired) electrons. The van der Waals surface area contributed by atoms with E-state index in [2.05, 4.69) is 52.5 Å². The number of benzene rings is 2. The summed E-state index contributed by atoms with van der Waals surface area (Å²) in [6.07, 6.45) is 22.4. The number of fused-ring (bicyclic) bond motifs is 5. The molecule has 2 N–H and O–H groups in total. The number of allylic oxidation sites excluding steroid dienone is 1. The average molecular weight is 649 g/mol. The molecule has 1 amide bonds. The van der Waals surface area contributed by atoms with Crippen LogP contribution >= 0.6 is 0 Å². The van der Waals surface area contributed by atoms with Gasteiger partial charge in [0.15, 0.2) is 0 Å². The Labute approximate surface area is 285 Å². The summed E-state index contributed by atoms with van der Waals surface area (Å²) in [6, 6.07) is 11.7. The number of hydrogen-bond donors (Lipinski definition) is 2. The Hall–Kier alpha value is -3.49. The highest BCUT2D eigenvalue weighted by atomic mass is 16.3. The summed E-state index contributed by atoms with van der Waals surface area (Å²) in [5.41, 5.74) is 5.84. The van der Waals surface area contributed by atoms with Crippen molar-refractivity contribution in [2.75, 3.05) is 38.1 Å². The quantitative estimate of drug-likeness (QED) is 0.284. The molecule has 2 bridgehead atoms. The Bertz CT molecular complexity index is 1660. The standard InChI is InChI=1S/C34H39N5O2.C6H13N/c40-22-39-25-8-9-26(39)21-37(20-25)33-29-10-7-24(30-19-27(41)17-23-5-1-2-6-28(23)30)18-31(29)35-32(36-33)11-14-34-12-3-15-38(34)16-4-13-34;1-7-6-4-2-3-5-6/h2,6-7,10,17-19,22,25-26,41H,1,3-5,8-9,11-16,20-21H2;6-7H,2-5H2,1H3. The molecule has 4 saturated heterocycles. The first-order valence-corrected chi connectivity index (χ1v) is 18.8. The number of nitrogens with zero attached hydrogens (tertiary/aromatic N) is 5. The number of nitrogens with one attached hydrogen (secondary N) is 1. The number of aromatic nitrogens is 2. The van der Waals surface area contributed by atoms with Crippen LogP contribution in [0.5, 0.6) is 5.75 Å². The average Bonchev–Trinajstić information content (AvgIpc) is 3.91. The largest absolute Gasteiger partial charge is 0.508 e. The van der Waals surface area contributed by atoms with E-state index in [1.165, 1.54) is 75.6 Å². The molecule has 254 valence electrons. The second kappa shape index (κ2) is 13.4. The van der Waals surface area contributed by atoms with E-state index in [9.17, 15) is 9.90 Å². The van der Waals surface area contributed by atoms with Crippen LogP contribution in [0.4, 0.5) is 5.82 Å². The van der Waals surface area contributed by atoms with Crippen molar-refractivity contribution in [3.05, 3.63) is 53.4 Å². The van der Waals surface area contributed by atoms with Crippen LogP contribution in [0, 0.1) is 0 Å². The van der Waals surface area contributed by atoms with Gasteiger partial charge in [0.25, 0.3) is 0 Å². The summed E-state index contributed by atoms with van der Waals surface area (Å²) < 4.78 is 0. The number of aryl methyl sites for hydroxylation is 2. The summed E-state index contributed by atoms with van der Waals surface area (Å²) in [4.78, 5) is 29.4. The third-order valence-electron chi connectivity index (χ3n) is 12.5. The lowest BCUT2D eigenvalue weighted by Gasteiger charge is -2.40. The topological polar surface area (TPSA) is 84.8 Å². The van der Waals surface area contributed by atoms with Crippen molar-refractivity contribution in [2.45, 2.75) is 114 Å². The van der Waals surface area contributed by atoms with Crippen LogP contribution in [0.1, 0.15) is 94.0 Å². The number of anilines is 1. The molecule has 3 aromatic rings. The Morgan fingerprint density at radius 3 is 2.46 bits per heavy atom. The number of phenolic OH excluding ortho intramolecular Hbond substituents is 1. The number of hydrogen-bond acceptors (Lipinski definition) is 7. The Kier molecular flexibility index (Phi) is 8.89. The zero-order chi connectivity index (χ0) is 32.7. The molecule has 4 aliphatic heterocycles. The lowest BCUT2D eigenvalue weighted by atomic mass is 9.88. The van der Waals surface area contributed by atoms with Crippen LogP contribution in [0.3, 0.4) is 0 Å². The summed E-state index contributed by atoms with van der Waals surface area (Å²) in [7, 11) is 2.05. The summed E-state index contributed by atoms with van der Waals surface area (Å²) in [5.74, 6) is 2.27. The van der Waals surface area contributed by atoms with Crippen LogP contribution in [0.2, 0.25) is 0 Å². The van der Waals surface area contributed by atoms with E-state index >= 15 is 0 Å². The van der Waals surface area contributed by atoms with E-state index in [4.69, 9.17) is 9.97 Å². The first-order chi connectivity index (χ1) is 23.5. The summed E-state index contributed by atoms with van der Waals surface area (Å²) in [6.45, 7) is 4.12. The van der Waals surface area contributed by atoms with E-state index in [0.29, 0.717) is 11.3 Å². The van der Waals surface area contributed by atoms with Gasteiger partial charge in [-0.2, -0.15) is 0 Å². The van der Waals surface area contributed by atoms with Crippen molar-refractivity contribution in [1.82, 2.24) is 25.1 Å². The van der Waals surface area contributed by atoms with Gasteiger partial charge in [0, 0.05) is 48.6 Å². The van der Waals surface area contributed by atoms with Gasteiger partial charge in [-0.25, -0.2) is 9.97 Å². The fourth-order valence-electron chi connectivity index (χ4n) is 9.93. The van der Waals surface area contributed by atoms with Crippen LogP contribution in [-0.2, 0) is 17.6 Å². The number of rotatable bonds is 7. The maximum absolute atomic E-state index is 11.8. The zero-order valence-electron chi connectivity index (χ0n) is 28.7. The van der Waals surface area contributed by atoms with E-state index in [-0.39, 0.29) is 12.1 Å². The van der Waals surface area contributed by atoms with Crippen molar-refractivity contribution in [3.63, 3.8) is 0 Å². The minimum absolute atomic E-state index is 0.258. The molecule has 8 heteroatoms. The van der Waals surface area contributed by atoms with Crippen molar-refractivity contribution in [3.8, 4) is 16.9 Å². The molecule has 0 spiro atoms. The van der Waals surface area contributed by atoms with Gasteiger partial charge in [0.1, 0.15) is 17.4 Å². The minimum atomic E-state index is 0.258. The van der Waals surface area contributed by atoms with Crippen molar-refractivity contribution < 1.29 is 9.90 Å². The molecular formula is C40H52N6O2. The number of aromatic hydroxyl groups is 1. The summed E-state index contributed by atoms with van der Waals surface area (Å²) >= 11 is 0. The smallest absolute Gasteiger partial charge is 0.210 e. The summed E-state index contributed by atoms with van der Waals surface area (Å²) in [5, 5.41) is 14.9. The van der Waals surface area contributed by atoms with Gasteiger partial charge in [-0.15, -0.1) is 0 Å². The predicted octanol–water partition coefficient (Wildman–Crippen LogP) is 6.48. The van der Waals surface area contributed by atoms with E-state index in [1.807, 2.05) is 17.0 Å². The van der Waals surface area contributed by atoms with Gasteiger partial charge >= 0.3 is 0 Å². The molecule has 1 aromatic heterocycles. The zero-order valence-corrected chi connectivity index (χ0v) is 28.7. The highest BCUT2D eigenvalue weighted by Gasteiger charge is 2.44. The molecule has 2 aromatic carbocycles. The molecule has 5 heterocycles. The third kappa shape index (κ3) is 6.00. The first kappa shape index (κ1) is 31.8. The SMILES string of the molecule is CNC1CCCC1.O=CN1C2CCC1CN(c1nc(CCC34CCCN3CCC4)nc3cc(-c4cc(O)cc5c4C=CCC5)ccc13)C2. The fourth-order valence-corrected chi connectivity index (χ4v) is 9.93. The van der Waals surface area contributed by atoms with Crippen molar-refractivity contribution in [1.29, 1.82) is 0 Å². The van der Waals surface area contributed by atoms with Crippen LogP contribution < -0.4 is 10.2 Å². The lowest BCUT2D eigenvalue weighted by molar-refractivity contribution is -0.121. The van der Waals surface area contributed by atoms with E-state index in [0.717, 1.165) is 97.7 Å². The number of phenols is 1. The Morgan fingerprint density at radius 1 is 0.979 bits per heavy atom. The molecule has 48 heavy (non-hydrogen) atoms. The number of carbonyl (C=O) groups is 1. The van der Waals surface area contributed by atoms with E-state index in [1.54, 1.807) is 0 Å². The highest BCUT2D eigenvalue weighted by Crippen LogP contribution is 2.43. The second-order valence-corrected chi connectivity index (χ2v) is 15.2. The number of piperazine rings is 1. The highest BCUT2D eigenvalue weighted by molar-refractivity contribution is 5.94. The molecule has 1 saturated carbocycles. The van der Waals surface area contributed by atoms with Crippen LogP contribution in [0.15, 0.2) is 36.4 Å². The fraction of sp³-hybridized carbons (Fsp3) is 0.575. The van der Waals surface area contributed by atoms with Gasteiger partial charge in [-0.3, -0.25) is 9.69 Å². The maximum Gasteiger partial charge on any atom is 0.210 e. The minimum Gasteiger partial charge on any atom is -0.508 e. The molecule has 2 atom stereocenters. The van der Waals surface area contributed by atoms with Crippen molar-refractivity contribution in [2.24, 2.45) is 0 Å². The first-order valence-electron chi connectivity index (χ1n) is 18.8. The van der Waals surface area contributed by atoms with Gasteiger partial charge in [-0.1, -0.05) is 31.1 Å². The Balaban J connectivity index is 0.000000429. The molecule has 9 rings (SSSR count). The molecule has 5 fully saturated rings. The molecule has 8 nitrogen and oxygen atoms in total. The third-order valence-corrected chi connectivity index (χ3v) is 12.5.